The van der Waals surface area contributed by atoms with Crippen molar-refractivity contribution >= 4 is 0 Å². The van der Waals surface area contributed by atoms with Crippen molar-refractivity contribution in [3.8, 4) is 0 Å². The van der Waals surface area contributed by atoms with Crippen LogP contribution < -0.4 is 0 Å². The summed E-state index contributed by atoms with van der Waals surface area (Å²) in [6.45, 7) is 2.22. The van der Waals surface area contributed by atoms with Gasteiger partial charge >= 0.3 is 0 Å². The molecular weight excluding hydrogens is 200 g/mol. The van der Waals surface area contributed by atoms with Gasteiger partial charge in [-0.25, -0.2) is 0 Å². The zero-order valence-electron chi connectivity index (χ0n) is 10.3. The van der Waals surface area contributed by atoms with Crippen LogP contribution in [0.15, 0.2) is 12.4 Å². The van der Waals surface area contributed by atoms with Gasteiger partial charge in [0.05, 0.1) is 11.8 Å². The Labute approximate surface area is 97.5 Å². The van der Waals surface area contributed by atoms with Gasteiger partial charge in [-0.2, -0.15) is 5.10 Å². The molecule has 1 N–H and O–H groups in total. The lowest BCUT2D eigenvalue weighted by atomic mass is 9.92. The van der Waals surface area contributed by atoms with Crippen molar-refractivity contribution in [2.75, 3.05) is 0 Å². The summed E-state index contributed by atoms with van der Waals surface area (Å²) in [6, 6.07) is 0. The number of nitrogens with zero attached hydrogens (tertiary/aromatic N) is 2. The minimum absolute atomic E-state index is 0.406. The molecule has 0 saturated heterocycles. The molecule has 0 bridgehead atoms. The van der Waals surface area contributed by atoms with E-state index in [0.29, 0.717) is 0 Å². The molecule has 0 spiro atoms. The highest BCUT2D eigenvalue weighted by Crippen LogP contribution is 2.38. The Morgan fingerprint density at radius 2 is 2.44 bits per heavy atom. The van der Waals surface area contributed by atoms with E-state index in [1.165, 1.54) is 18.4 Å². The van der Waals surface area contributed by atoms with Gasteiger partial charge in [0, 0.05) is 13.2 Å². The average molecular weight is 222 g/mol. The van der Waals surface area contributed by atoms with Crippen LogP contribution in [0.3, 0.4) is 0 Å². The standard InChI is InChI=1S/C13H22N2O/c1-3-11-4-6-13(16,8-11)7-5-12-9-14-15(2)10-12/h9-11,16H,3-8H2,1-2H3. The van der Waals surface area contributed by atoms with Crippen molar-refractivity contribution in [2.24, 2.45) is 13.0 Å². The normalized spacial score (nSPS) is 29.8. The number of aliphatic hydroxyl groups is 1. The zero-order chi connectivity index (χ0) is 11.6. The molecule has 1 aromatic heterocycles. The molecule has 3 nitrogen and oxygen atoms in total. The number of hydrogen-bond donors (Lipinski definition) is 1. The maximum absolute atomic E-state index is 10.4. The van der Waals surface area contributed by atoms with E-state index in [1.54, 1.807) is 0 Å². The smallest absolute Gasteiger partial charge is 0.0653 e. The third-order valence-corrected chi connectivity index (χ3v) is 3.90. The van der Waals surface area contributed by atoms with Crippen LogP contribution in [0.25, 0.3) is 0 Å². The molecule has 2 unspecified atom stereocenters. The molecule has 16 heavy (non-hydrogen) atoms. The minimum atomic E-state index is -0.406. The van der Waals surface area contributed by atoms with Gasteiger partial charge in [-0.3, -0.25) is 4.68 Å². The van der Waals surface area contributed by atoms with Crippen LogP contribution in [0.4, 0.5) is 0 Å². The predicted octanol–water partition coefficient (Wildman–Crippen LogP) is 2.29. The largest absolute Gasteiger partial charge is 0.390 e. The third-order valence-electron chi connectivity index (χ3n) is 3.90. The van der Waals surface area contributed by atoms with E-state index in [-0.39, 0.29) is 0 Å². The molecule has 1 aromatic rings. The second-order valence-corrected chi connectivity index (χ2v) is 5.26. The molecule has 1 fully saturated rings. The van der Waals surface area contributed by atoms with Crippen molar-refractivity contribution in [1.29, 1.82) is 0 Å². The summed E-state index contributed by atoms with van der Waals surface area (Å²) >= 11 is 0. The van der Waals surface area contributed by atoms with Gasteiger partial charge in [0.15, 0.2) is 0 Å². The van der Waals surface area contributed by atoms with E-state index < -0.39 is 5.60 Å². The van der Waals surface area contributed by atoms with E-state index in [9.17, 15) is 5.11 Å². The lowest BCUT2D eigenvalue weighted by Crippen LogP contribution is -2.25. The first-order valence-electron chi connectivity index (χ1n) is 6.31. The topological polar surface area (TPSA) is 38.1 Å². The van der Waals surface area contributed by atoms with E-state index >= 15 is 0 Å². The van der Waals surface area contributed by atoms with E-state index in [0.717, 1.165) is 31.6 Å². The number of rotatable bonds is 4. The summed E-state index contributed by atoms with van der Waals surface area (Å²) in [4.78, 5) is 0. The molecule has 3 heteroatoms. The molecule has 90 valence electrons. The Hall–Kier alpha value is -0.830. The van der Waals surface area contributed by atoms with Crippen LogP contribution in [-0.4, -0.2) is 20.5 Å². The predicted molar refractivity (Wildman–Crippen MR) is 64.1 cm³/mol. The highest BCUT2D eigenvalue weighted by molar-refractivity contribution is 5.05. The quantitative estimate of drug-likeness (QED) is 0.849. The Morgan fingerprint density at radius 3 is 3.00 bits per heavy atom. The van der Waals surface area contributed by atoms with Crippen molar-refractivity contribution in [2.45, 2.75) is 51.0 Å². The first-order valence-corrected chi connectivity index (χ1v) is 6.31. The molecule has 0 aliphatic heterocycles. The van der Waals surface area contributed by atoms with Crippen LogP contribution >= 0.6 is 0 Å². The van der Waals surface area contributed by atoms with Crippen molar-refractivity contribution < 1.29 is 5.11 Å². The molecule has 0 radical (unpaired) electrons. The van der Waals surface area contributed by atoms with Gasteiger partial charge in [0.1, 0.15) is 0 Å². The van der Waals surface area contributed by atoms with Crippen LogP contribution in [0, 0.1) is 5.92 Å². The summed E-state index contributed by atoms with van der Waals surface area (Å²) in [5, 5.41) is 14.6. The fourth-order valence-corrected chi connectivity index (χ4v) is 2.77. The molecule has 1 aliphatic carbocycles. The summed E-state index contributed by atoms with van der Waals surface area (Å²) in [7, 11) is 1.93. The lowest BCUT2D eigenvalue weighted by Gasteiger charge is -2.22. The maximum atomic E-state index is 10.4. The van der Waals surface area contributed by atoms with Gasteiger partial charge in [-0.05, 0) is 43.6 Å². The van der Waals surface area contributed by atoms with Crippen LogP contribution in [0.5, 0.6) is 0 Å². The lowest BCUT2D eigenvalue weighted by molar-refractivity contribution is 0.0348. The minimum Gasteiger partial charge on any atom is -0.390 e. The molecule has 0 amide bonds. The van der Waals surface area contributed by atoms with Gasteiger partial charge in [0.2, 0.25) is 0 Å². The number of aryl methyl sites for hydroxylation is 2. The SMILES string of the molecule is CCC1CCC(O)(CCc2cnn(C)c2)C1. The van der Waals surface area contributed by atoms with Gasteiger partial charge < -0.3 is 5.11 Å². The van der Waals surface area contributed by atoms with Crippen LogP contribution in [-0.2, 0) is 13.5 Å². The van der Waals surface area contributed by atoms with Crippen LogP contribution in [0.2, 0.25) is 0 Å². The highest BCUT2D eigenvalue weighted by atomic mass is 16.3. The number of hydrogen-bond acceptors (Lipinski definition) is 2. The molecule has 2 atom stereocenters. The Balaban J connectivity index is 1.86. The van der Waals surface area contributed by atoms with Gasteiger partial charge in [0.25, 0.3) is 0 Å². The molecule has 1 heterocycles. The fraction of sp³-hybridized carbons (Fsp3) is 0.769. The highest BCUT2D eigenvalue weighted by Gasteiger charge is 2.35. The Morgan fingerprint density at radius 1 is 1.62 bits per heavy atom. The van der Waals surface area contributed by atoms with Crippen molar-refractivity contribution in [1.82, 2.24) is 9.78 Å². The first kappa shape index (κ1) is 11.6. The Bertz CT molecular complexity index is 347. The zero-order valence-corrected chi connectivity index (χ0v) is 10.3. The summed E-state index contributed by atoms with van der Waals surface area (Å²) in [6.07, 6.45) is 10.1. The molecule has 0 aromatic carbocycles. The summed E-state index contributed by atoms with van der Waals surface area (Å²) < 4.78 is 1.82. The third kappa shape index (κ3) is 2.64. The van der Waals surface area contributed by atoms with Crippen molar-refractivity contribution in [3.05, 3.63) is 18.0 Å². The first-order chi connectivity index (χ1) is 7.61. The molecule has 2 rings (SSSR count). The molecular formula is C13H22N2O. The van der Waals surface area contributed by atoms with E-state index in [4.69, 9.17) is 0 Å². The maximum Gasteiger partial charge on any atom is 0.0653 e. The fourth-order valence-electron chi connectivity index (χ4n) is 2.77. The second-order valence-electron chi connectivity index (χ2n) is 5.26. The van der Waals surface area contributed by atoms with Gasteiger partial charge in [-0.1, -0.05) is 13.3 Å². The average Bonchev–Trinajstić information content (AvgIpc) is 2.83. The van der Waals surface area contributed by atoms with Crippen LogP contribution in [0.1, 0.15) is 44.6 Å². The summed E-state index contributed by atoms with van der Waals surface area (Å²) in [5.41, 5.74) is 0.826. The van der Waals surface area contributed by atoms with Crippen molar-refractivity contribution in [3.63, 3.8) is 0 Å². The molecule has 1 saturated carbocycles. The monoisotopic (exact) mass is 222 g/mol. The summed E-state index contributed by atoms with van der Waals surface area (Å²) in [5.74, 6) is 0.735. The Kier molecular flexibility index (Phi) is 3.33. The second kappa shape index (κ2) is 4.58. The number of aromatic nitrogens is 2. The molecule has 1 aliphatic rings. The van der Waals surface area contributed by atoms with E-state index in [2.05, 4.69) is 12.0 Å². The van der Waals surface area contributed by atoms with E-state index in [1.807, 2.05) is 24.1 Å². The van der Waals surface area contributed by atoms with Gasteiger partial charge in [-0.15, -0.1) is 0 Å².